The molecule has 1 aliphatic heterocycles. The van der Waals surface area contributed by atoms with Crippen molar-refractivity contribution in [3.63, 3.8) is 0 Å². The Bertz CT molecular complexity index is 621. The molecule has 0 aliphatic carbocycles. The van der Waals surface area contributed by atoms with Crippen LogP contribution in [0, 0.1) is 0 Å². The minimum atomic E-state index is -0.642. The Kier molecular flexibility index (Phi) is 3.33. The van der Waals surface area contributed by atoms with Gasteiger partial charge in [-0.3, -0.25) is 4.21 Å². The summed E-state index contributed by atoms with van der Waals surface area (Å²) in [6.45, 7) is 0. The van der Waals surface area contributed by atoms with Crippen LogP contribution in [0.25, 0.3) is 10.9 Å². The van der Waals surface area contributed by atoms with Crippen LogP contribution in [0.3, 0.4) is 0 Å². The van der Waals surface area contributed by atoms with Crippen molar-refractivity contribution in [3.8, 4) is 0 Å². The fraction of sp³-hybridized carbons (Fsp3) is 0.385. The largest absolute Gasteiger partial charge is 0.399 e. The van der Waals surface area contributed by atoms with Crippen LogP contribution in [0.4, 0.5) is 11.5 Å². The van der Waals surface area contributed by atoms with Gasteiger partial charge in [-0.2, -0.15) is 0 Å². The minimum Gasteiger partial charge on any atom is -0.399 e. The number of nitrogen functional groups attached to an aromatic ring is 1. The predicted molar refractivity (Wildman–Crippen MR) is 78.5 cm³/mol. The molecule has 1 aromatic carbocycles. The second kappa shape index (κ2) is 5.13. The van der Waals surface area contributed by atoms with Crippen molar-refractivity contribution in [2.45, 2.75) is 18.9 Å². The fourth-order valence-corrected chi connectivity index (χ4v) is 3.62. The first-order chi connectivity index (χ1) is 9.22. The number of hydrogen-bond acceptors (Lipinski definition) is 5. The molecule has 5 nitrogen and oxygen atoms in total. The standard InChI is InChI=1S/C13H16N4OS/c14-9-1-2-12-11(7-9)13(16-8-15-12)17-10-3-5-19(18)6-4-10/h1-2,7-8,10H,3-6,14H2,(H,15,16,17). The lowest BCUT2D eigenvalue weighted by Crippen LogP contribution is -2.29. The third-order valence-corrected chi connectivity index (χ3v) is 4.77. The third-order valence-electron chi connectivity index (χ3n) is 3.39. The molecule has 1 fully saturated rings. The van der Waals surface area contributed by atoms with Crippen molar-refractivity contribution in [1.29, 1.82) is 0 Å². The summed E-state index contributed by atoms with van der Waals surface area (Å²) in [5, 5.41) is 4.37. The van der Waals surface area contributed by atoms with E-state index in [4.69, 9.17) is 5.73 Å². The van der Waals surface area contributed by atoms with E-state index < -0.39 is 10.8 Å². The Morgan fingerprint density at radius 2 is 2.05 bits per heavy atom. The molecule has 100 valence electrons. The maximum atomic E-state index is 11.4. The maximum absolute atomic E-state index is 11.4. The summed E-state index contributed by atoms with van der Waals surface area (Å²) in [5.41, 5.74) is 7.41. The van der Waals surface area contributed by atoms with Gasteiger partial charge in [0, 0.05) is 39.4 Å². The van der Waals surface area contributed by atoms with Gasteiger partial charge in [-0.25, -0.2) is 9.97 Å². The molecule has 0 amide bonds. The quantitative estimate of drug-likeness (QED) is 0.813. The summed E-state index contributed by atoms with van der Waals surface area (Å²) in [6, 6.07) is 5.95. The molecule has 1 aromatic heterocycles. The molecular weight excluding hydrogens is 260 g/mol. The molecule has 0 atom stereocenters. The van der Waals surface area contributed by atoms with E-state index in [2.05, 4.69) is 15.3 Å². The highest BCUT2D eigenvalue weighted by Crippen LogP contribution is 2.24. The number of benzene rings is 1. The van der Waals surface area contributed by atoms with Crippen LogP contribution in [-0.4, -0.2) is 31.7 Å². The van der Waals surface area contributed by atoms with E-state index in [0.29, 0.717) is 11.7 Å². The molecule has 3 rings (SSSR count). The van der Waals surface area contributed by atoms with Gasteiger partial charge in [0.1, 0.15) is 12.1 Å². The van der Waals surface area contributed by atoms with Crippen LogP contribution in [0.2, 0.25) is 0 Å². The number of nitrogens with zero attached hydrogens (tertiary/aromatic N) is 2. The van der Waals surface area contributed by atoms with E-state index in [1.807, 2.05) is 18.2 Å². The summed E-state index contributed by atoms with van der Waals surface area (Å²) >= 11 is 0. The molecule has 19 heavy (non-hydrogen) atoms. The molecule has 0 bridgehead atoms. The first-order valence-electron chi connectivity index (χ1n) is 6.34. The van der Waals surface area contributed by atoms with Gasteiger partial charge in [0.05, 0.1) is 5.52 Å². The smallest absolute Gasteiger partial charge is 0.137 e. The maximum Gasteiger partial charge on any atom is 0.137 e. The Balaban J connectivity index is 1.88. The highest BCUT2D eigenvalue weighted by molar-refractivity contribution is 7.85. The second-order valence-electron chi connectivity index (χ2n) is 4.77. The molecule has 1 saturated heterocycles. The fourth-order valence-electron chi connectivity index (χ4n) is 2.32. The molecule has 0 spiro atoms. The summed E-state index contributed by atoms with van der Waals surface area (Å²) in [5.74, 6) is 2.35. The van der Waals surface area contributed by atoms with Crippen LogP contribution < -0.4 is 11.1 Å². The minimum absolute atomic E-state index is 0.331. The summed E-state index contributed by atoms with van der Waals surface area (Å²) in [6.07, 6.45) is 3.39. The summed E-state index contributed by atoms with van der Waals surface area (Å²) in [4.78, 5) is 8.54. The molecule has 6 heteroatoms. The number of fused-ring (bicyclic) bond motifs is 1. The van der Waals surface area contributed by atoms with Crippen molar-refractivity contribution >= 4 is 33.2 Å². The van der Waals surface area contributed by atoms with Gasteiger partial charge in [0.15, 0.2) is 0 Å². The Morgan fingerprint density at radius 3 is 2.84 bits per heavy atom. The molecule has 3 N–H and O–H groups in total. The zero-order chi connectivity index (χ0) is 13.2. The van der Waals surface area contributed by atoms with E-state index in [9.17, 15) is 4.21 Å². The number of rotatable bonds is 2. The summed E-state index contributed by atoms with van der Waals surface area (Å²) in [7, 11) is -0.642. The van der Waals surface area contributed by atoms with Crippen molar-refractivity contribution in [2.24, 2.45) is 0 Å². The first kappa shape index (κ1) is 12.3. The lowest BCUT2D eigenvalue weighted by molar-refractivity contribution is 0.623. The average molecular weight is 276 g/mol. The monoisotopic (exact) mass is 276 g/mol. The Labute approximate surface area is 114 Å². The van der Waals surface area contributed by atoms with Crippen LogP contribution in [-0.2, 0) is 10.8 Å². The van der Waals surface area contributed by atoms with E-state index >= 15 is 0 Å². The molecular formula is C13H16N4OS. The molecule has 0 unspecified atom stereocenters. The second-order valence-corrected chi connectivity index (χ2v) is 6.46. The van der Waals surface area contributed by atoms with Crippen molar-refractivity contribution in [1.82, 2.24) is 9.97 Å². The zero-order valence-electron chi connectivity index (χ0n) is 10.5. The van der Waals surface area contributed by atoms with Gasteiger partial charge in [0.25, 0.3) is 0 Å². The number of nitrogens with two attached hydrogens (primary N) is 1. The van der Waals surface area contributed by atoms with Crippen LogP contribution >= 0.6 is 0 Å². The van der Waals surface area contributed by atoms with E-state index in [1.165, 1.54) is 0 Å². The van der Waals surface area contributed by atoms with Gasteiger partial charge in [-0.15, -0.1) is 0 Å². The average Bonchev–Trinajstić information content (AvgIpc) is 2.42. The third kappa shape index (κ3) is 2.68. The Morgan fingerprint density at radius 1 is 1.26 bits per heavy atom. The molecule has 2 aromatic rings. The van der Waals surface area contributed by atoms with Crippen molar-refractivity contribution in [3.05, 3.63) is 24.5 Å². The van der Waals surface area contributed by atoms with E-state index in [1.54, 1.807) is 6.33 Å². The lowest BCUT2D eigenvalue weighted by atomic mass is 10.1. The first-order valence-corrected chi connectivity index (χ1v) is 7.83. The van der Waals surface area contributed by atoms with Crippen LogP contribution in [0.15, 0.2) is 24.5 Å². The highest BCUT2D eigenvalue weighted by atomic mass is 32.2. The van der Waals surface area contributed by atoms with E-state index in [-0.39, 0.29) is 0 Å². The SMILES string of the molecule is Nc1ccc2ncnc(NC3CCS(=O)CC3)c2c1. The van der Waals surface area contributed by atoms with Gasteiger partial charge in [0.2, 0.25) is 0 Å². The van der Waals surface area contributed by atoms with Gasteiger partial charge in [-0.1, -0.05) is 0 Å². The molecule has 0 radical (unpaired) electrons. The van der Waals surface area contributed by atoms with Crippen molar-refractivity contribution in [2.75, 3.05) is 22.6 Å². The topological polar surface area (TPSA) is 80.9 Å². The molecule has 2 heterocycles. The van der Waals surface area contributed by atoms with Gasteiger partial charge >= 0.3 is 0 Å². The zero-order valence-corrected chi connectivity index (χ0v) is 11.3. The van der Waals surface area contributed by atoms with Crippen molar-refractivity contribution < 1.29 is 4.21 Å². The lowest BCUT2D eigenvalue weighted by Gasteiger charge is -2.23. The number of anilines is 2. The van der Waals surface area contributed by atoms with Crippen LogP contribution in [0.1, 0.15) is 12.8 Å². The Hall–Kier alpha value is -1.69. The van der Waals surface area contributed by atoms with Gasteiger partial charge in [-0.05, 0) is 31.0 Å². The number of hydrogen-bond donors (Lipinski definition) is 2. The molecule has 0 saturated carbocycles. The highest BCUT2D eigenvalue weighted by Gasteiger charge is 2.18. The molecule has 1 aliphatic rings. The van der Waals surface area contributed by atoms with Gasteiger partial charge < -0.3 is 11.1 Å². The normalized spacial score (nSPS) is 23.4. The predicted octanol–water partition coefficient (Wildman–Crippen LogP) is 1.53. The van der Waals surface area contributed by atoms with E-state index in [0.717, 1.165) is 41.1 Å². The number of aromatic nitrogens is 2. The van der Waals surface area contributed by atoms with Crippen LogP contribution in [0.5, 0.6) is 0 Å². The summed E-state index contributed by atoms with van der Waals surface area (Å²) < 4.78 is 11.4. The number of nitrogens with one attached hydrogen (secondary N) is 1.